The second-order valence-corrected chi connectivity index (χ2v) is 7.25. The van der Waals surface area contributed by atoms with Crippen LogP contribution in [-0.2, 0) is 11.3 Å². The molecule has 2 heterocycles. The lowest BCUT2D eigenvalue weighted by molar-refractivity contribution is 0.563. The molecule has 0 amide bonds. The molecule has 0 aliphatic heterocycles. The Balaban J connectivity index is 1.46. The maximum absolute atomic E-state index is 12.3. The zero-order valence-corrected chi connectivity index (χ0v) is 16.0. The highest BCUT2D eigenvalue weighted by Gasteiger charge is 2.10. The van der Waals surface area contributed by atoms with Gasteiger partial charge in [0.25, 0.3) is 0 Å². The van der Waals surface area contributed by atoms with E-state index in [2.05, 4.69) is 19.9 Å². The topological polar surface area (TPSA) is 84.3 Å². The van der Waals surface area contributed by atoms with Gasteiger partial charge in [0.1, 0.15) is 5.75 Å². The summed E-state index contributed by atoms with van der Waals surface area (Å²) in [6, 6.07) is 15.1. The number of nitrogens with one attached hydrogen (secondary N) is 2. The number of aryl methyl sites for hydroxylation is 3. The molecule has 4 rings (SSSR count). The van der Waals surface area contributed by atoms with Crippen LogP contribution < -0.4 is 8.91 Å². The van der Waals surface area contributed by atoms with Gasteiger partial charge in [0.2, 0.25) is 0 Å². The summed E-state index contributed by atoms with van der Waals surface area (Å²) in [5.74, 6) is 1.23. The summed E-state index contributed by atoms with van der Waals surface area (Å²) in [6.45, 7) is 5.84. The smallest absolute Gasteiger partial charge is 0.316 e. The lowest BCUT2D eigenvalue weighted by Gasteiger charge is -2.10. The molecule has 0 aliphatic rings. The molecular weight excluding hydrogens is 362 g/mol. The lowest BCUT2D eigenvalue weighted by atomic mass is 10.1. The van der Waals surface area contributed by atoms with Gasteiger partial charge in [-0.3, -0.25) is 9.82 Å². The number of nitrogens with zero attached hydrogens (tertiary/aromatic N) is 3. The van der Waals surface area contributed by atoms with Crippen molar-refractivity contribution in [2.75, 3.05) is 4.72 Å². The number of hydrogen-bond acceptors (Lipinski definition) is 4. The van der Waals surface area contributed by atoms with E-state index in [1.165, 1.54) is 0 Å². The predicted molar refractivity (Wildman–Crippen MR) is 106 cm³/mol. The average molecular weight is 381 g/mol. The summed E-state index contributed by atoms with van der Waals surface area (Å²) in [5.41, 5.74) is 5.31. The molecule has 0 radical (unpaired) electrons. The maximum Gasteiger partial charge on any atom is 0.316 e. The highest BCUT2D eigenvalue weighted by atomic mass is 32.2. The van der Waals surface area contributed by atoms with E-state index in [1.54, 1.807) is 4.63 Å². The number of aromatic nitrogens is 4. The van der Waals surface area contributed by atoms with Gasteiger partial charge in [0.15, 0.2) is 11.5 Å². The largest absolute Gasteiger partial charge is 0.385 e. The van der Waals surface area contributed by atoms with Crippen LogP contribution in [0.4, 0.5) is 5.69 Å². The molecule has 0 fully saturated rings. The van der Waals surface area contributed by atoms with Crippen LogP contribution in [0.5, 0.6) is 5.75 Å². The first-order valence-electron chi connectivity index (χ1n) is 8.45. The lowest BCUT2D eigenvalue weighted by Crippen LogP contribution is -2.11. The van der Waals surface area contributed by atoms with Crippen molar-refractivity contribution < 1.29 is 8.39 Å². The van der Waals surface area contributed by atoms with Crippen molar-refractivity contribution in [1.82, 2.24) is 19.8 Å². The average Bonchev–Trinajstić information content (AvgIpc) is 3.16. The van der Waals surface area contributed by atoms with E-state index >= 15 is 0 Å². The summed E-state index contributed by atoms with van der Waals surface area (Å²) in [6.07, 6.45) is 0. The molecule has 2 aromatic carbocycles. The number of anilines is 1. The predicted octanol–water partition coefficient (Wildman–Crippen LogP) is 3.72. The van der Waals surface area contributed by atoms with Gasteiger partial charge in [0, 0.05) is 23.0 Å². The SMILES string of the molecule is Cc1ccc(C)c(OS(=O)Nc2ccc(-c3nc4cc(C)[nH]n4n3)cc2)c1. The molecule has 2 aromatic heterocycles. The number of aromatic amines is 1. The molecule has 0 aliphatic carbocycles. The Hall–Kier alpha value is -3.13. The van der Waals surface area contributed by atoms with Gasteiger partial charge in [-0.1, -0.05) is 12.1 Å². The zero-order chi connectivity index (χ0) is 19.0. The first kappa shape index (κ1) is 17.3. The van der Waals surface area contributed by atoms with Crippen molar-refractivity contribution >= 4 is 22.6 Å². The molecule has 7 nitrogen and oxygen atoms in total. The van der Waals surface area contributed by atoms with Crippen molar-refractivity contribution in [2.24, 2.45) is 0 Å². The molecule has 0 spiro atoms. The van der Waals surface area contributed by atoms with E-state index in [0.717, 1.165) is 28.0 Å². The third kappa shape index (κ3) is 3.70. The van der Waals surface area contributed by atoms with Gasteiger partial charge in [-0.05, 0) is 62.2 Å². The Morgan fingerprint density at radius 3 is 2.59 bits per heavy atom. The Kier molecular flexibility index (Phi) is 4.41. The van der Waals surface area contributed by atoms with Crippen molar-refractivity contribution in [3.63, 3.8) is 0 Å². The molecule has 27 heavy (non-hydrogen) atoms. The van der Waals surface area contributed by atoms with Gasteiger partial charge >= 0.3 is 11.3 Å². The van der Waals surface area contributed by atoms with Crippen LogP contribution >= 0.6 is 0 Å². The van der Waals surface area contributed by atoms with Crippen molar-refractivity contribution in [3.05, 3.63) is 65.4 Å². The molecule has 0 saturated carbocycles. The molecule has 8 heteroatoms. The van der Waals surface area contributed by atoms with E-state index in [4.69, 9.17) is 4.18 Å². The van der Waals surface area contributed by atoms with Gasteiger partial charge in [-0.15, -0.1) is 5.10 Å². The van der Waals surface area contributed by atoms with E-state index in [1.807, 2.05) is 69.3 Å². The summed E-state index contributed by atoms with van der Waals surface area (Å²) in [5, 5.41) is 7.50. The summed E-state index contributed by atoms with van der Waals surface area (Å²) >= 11 is -1.69. The molecule has 1 unspecified atom stereocenters. The van der Waals surface area contributed by atoms with Crippen LogP contribution in [0.1, 0.15) is 16.8 Å². The van der Waals surface area contributed by atoms with Crippen LogP contribution in [0.15, 0.2) is 48.5 Å². The van der Waals surface area contributed by atoms with Crippen LogP contribution in [0.25, 0.3) is 17.0 Å². The van der Waals surface area contributed by atoms with E-state index in [-0.39, 0.29) is 0 Å². The van der Waals surface area contributed by atoms with Crippen molar-refractivity contribution in [3.8, 4) is 17.1 Å². The number of hydrogen-bond donors (Lipinski definition) is 2. The molecule has 0 saturated heterocycles. The highest BCUT2D eigenvalue weighted by molar-refractivity contribution is 7.81. The van der Waals surface area contributed by atoms with Crippen LogP contribution in [0.3, 0.4) is 0 Å². The summed E-state index contributed by atoms with van der Waals surface area (Å²) in [4.78, 5) is 4.48. The van der Waals surface area contributed by atoms with E-state index in [9.17, 15) is 4.21 Å². The number of rotatable bonds is 5. The zero-order valence-electron chi connectivity index (χ0n) is 15.2. The second kappa shape index (κ2) is 6.88. The maximum atomic E-state index is 12.3. The molecular formula is C19H19N5O2S. The first-order valence-corrected chi connectivity index (χ1v) is 9.52. The van der Waals surface area contributed by atoms with Crippen LogP contribution in [0, 0.1) is 20.8 Å². The quantitative estimate of drug-likeness (QED) is 0.552. The standard InChI is InChI=1S/C19H19N5O2S/c1-12-4-5-13(2)17(10-12)26-27(25)23-16-8-6-15(7-9-16)19-20-18-11-14(3)21-24(18)22-19/h4-11,21,23H,1-3H3. The van der Waals surface area contributed by atoms with Gasteiger partial charge in [-0.25, -0.2) is 4.98 Å². The summed E-state index contributed by atoms with van der Waals surface area (Å²) in [7, 11) is 0. The first-order chi connectivity index (χ1) is 13.0. The fourth-order valence-electron chi connectivity index (χ4n) is 2.70. The van der Waals surface area contributed by atoms with Gasteiger partial charge in [0.05, 0.1) is 0 Å². The Bertz CT molecular complexity index is 1100. The monoisotopic (exact) mass is 381 g/mol. The third-order valence-corrected chi connectivity index (χ3v) is 4.85. The van der Waals surface area contributed by atoms with Gasteiger partial charge < -0.3 is 4.18 Å². The van der Waals surface area contributed by atoms with Crippen LogP contribution in [0.2, 0.25) is 0 Å². The summed E-state index contributed by atoms with van der Waals surface area (Å²) < 4.78 is 22.3. The number of fused-ring (bicyclic) bond motifs is 1. The van der Waals surface area contributed by atoms with Gasteiger partial charge in [-0.2, -0.15) is 8.84 Å². The molecule has 2 N–H and O–H groups in total. The molecule has 1 atom stereocenters. The normalized spacial score (nSPS) is 12.3. The minimum Gasteiger partial charge on any atom is -0.385 e. The Morgan fingerprint density at radius 2 is 1.85 bits per heavy atom. The highest BCUT2D eigenvalue weighted by Crippen LogP contribution is 2.22. The number of benzene rings is 2. The fourth-order valence-corrected chi connectivity index (χ4v) is 3.41. The minimum atomic E-state index is -1.69. The third-order valence-electron chi connectivity index (χ3n) is 4.11. The second-order valence-electron chi connectivity index (χ2n) is 6.41. The minimum absolute atomic E-state index is 0.602. The van der Waals surface area contributed by atoms with Crippen molar-refractivity contribution in [1.29, 1.82) is 0 Å². The van der Waals surface area contributed by atoms with Crippen molar-refractivity contribution in [2.45, 2.75) is 20.8 Å². The Morgan fingerprint density at radius 1 is 1.07 bits per heavy atom. The Labute approximate surface area is 159 Å². The fraction of sp³-hybridized carbons (Fsp3) is 0.158. The van der Waals surface area contributed by atoms with E-state index in [0.29, 0.717) is 17.3 Å². The van der Waals surface area contributed by atoms with Crippen LogP contribution in [-0.4, -0.2) is 24.0 Å². The molecule has 138 valence electrons. The van der Waals surface area contributed by atoms with E-state index < -0.39 is 11.3 Å². The molecule has 0 bridgehead atoms. The molecule has 4 aromatic rings. The number of H-pyrrole nitrogens is 1.